The van der Waals surface area contributed by atoms with Gasteiger partial charge < -0.3 is 14.5 Å². The third-order valence-corrected chi connectivity index (χ3v) is 4.77. The van der Waals surface area contributed by atoms with Crippen LogP contribution in [0.25, 0.3) is 0 Å². The molecule has 0 saturated carbocycles. The smallest absolute Gasteiger partial charge is 0.273 e. The van der Waals surface area contributed by atoms with Crippen molar-refractivity contribution in [2.45, 2.75) is 13.1 Å². The second-order valence-corrected chi connectivity index (χ2v) is 6.31. The van der Waals surface area contributed by atoms with E-state index in [-0.39, 0.29) is 5.91 Å². The summed E-state index contributed by atoms with van der Waals surface area (Å²) < 4.78 is 5.35. The number of halogens is 1. The van der Waals surface area contributed by atoms with Crippen LogP contribution in [0, 0.1) is 0 Å². The maximum Gasteiger partial charge on any atom is 0.273 e. The summed E-state index contributed by atoms with van der Waals surface area (Å²) in [6, 6.07) is 7.54. The molecule has 1 saturated heterocycles. The minimum absolute atomic E-state index is 0.0980. The van der Waals surface area contributed by atoms with E-state index < -0.39 is 0 Å². The normalized spacial score (nSPS) is 17.0. The largest absolute Gasteiger partial charge is 0.378 e. The third kappa shape index (κ3) is 2.83. The summed E-state index contributed by atoms with van der Waals surface area (Å²) in [5.74, 6) is 0.672. The quantitative estimate of drug-likeness (QED) is 0.835. The molecule has 0 radical (unpaired) electrons. The van der Waals surface area contributed by atoms with E-state index in [4.69, 9.17) is 16.3 Å². The molecule has 0 N–H and O–H groups in total. The Morgan fingerprint density at radius 3 is 2.79 bits per heavy atom. The number of aromatic nitrogens is 2. The fourth-order valence-electron chi connectivity index (χ4n) is 3.12. The van der Waals surface area contributed by atoms with Gasteiger partial charge in [-0.25, -0.2) is 9.97 Å². The molecule has 2 aliphatic heterocycles. The van der Waals surface area contributed by atoms with Gasteiger partial charge in [0.25, 0.3) is 5.91 Å². The molecule has 1 amide bonds. The molecule has 24 heavy (non-hydrogen) atoms. The molecule has 3 heterocycles. The lowest BCUT2D eigenvalue weighted by atomic mass is 10.1. The highest BCUT2D eigenvalue weighted by atomic mass is 35.5. The molecule has 0 bridgehead atoms. The first-order chi connectivity index (χ1) is 11.7. The Morgan fingerprint density at radius 1 is 1.17 bits per heavy atom. The molecular formula is C17H17ClN4O2. The Balaban J connectivity index is 1.54. The number of anilines is 1. The van der Waals surface area contributed by atoms with E-state index in [0.29, 0.717) is 37.0 Å². The van der Waals surface area contributed by atoms with Gasteiger partial charge in [0, 0.05) is 37.3 Å². The molecule has 6 nitrogen and oxygen atoms in total. The van der Waals surface area contributed by atoms with Gasteiger partial charge in [-0.15, -0.1) is 0 Å². The Morgan fingerprint density at radius 2 is 2.00 bits per heavy atom. The molecule has 124 valence electrons. The molecule has 0 aliphatic carbocycles. The zero-order valence-corrected chi connectivity index (χ0v) is 13.9. The highest BCUT2D eigenvalue weighted by Crippen LogP contribution is 2.30. The van der Waals surface area contributed by atoms with Crippen LogP contribution in [-0.2, 0) is 17.8 Å². The van der Waals surface area contributed by atoms with Crippen LogP contribution in [-0.4, -0.2) is 47.1 Å². The number of carbonyl (C=O) groups excluding carboxylic acids is 1. The van der Waals surface area contributed by atoms with Crippen LogP contribution in [0.4, 0.5) is 5.82 Å². The first-order valence-electron chi connectivity index (χ1n) is 7.92. The summed E-state index contributed by atoms with van der Waals surface area (Å²) in [4.78, 5) is 25.1. The molecule has 4 rings (SSSR count). The molecule has 0 spiro atoms. The summed E-state index contributed by atoms with van der Waals surface area (Å²) in [5.41, 5.74) is 2.53. The lowest BCUT2D eigenvalue weighted by Gasteiger charge is -2.27. The van der Waals surface area contributed by atoms with E-state index in [9.17, 15) is 4.79 Å². The molecule has 0 atom stereocenters. The predicted octanol–water partition coefficient (Wildman–Crippen LogP) is 2.12. The molecular weight excluding hydrogens is 328 g/mol. The number of rotatable bonds is 2. The van der Waals surface area contributed by atoms with Crippen molar-refractivity contribution >= 4 is 23.3 Å². The van der Waals surface area contributed by atoms with Crippen molar-refractivity contribution in [3.63, 3.8) is 0 Å². The molecule has 2 aliphatic rings. The van der Waals surface area contributed by atoms with Crippen LogP contribution < -0.4 is 4.90 Å². The fourth-order valence-corrected chi connectivity index (χ4v) is 3.37. The van der Waals surface area contributed by atoms with Crippen molar-refractivity contribution in [1.29, 1.82) is 0 Å². The first-order valence-corrected chi connectivity index (χ1v) is 8.30. The molecule has 0 unspecified atom stereocenters. The zero-order valence-electron chi connectivity index (χ0n) is 13.1. The van der Waals surface area contributed by atoms with Crippen LogP contribution in [0.15, 0.2) is 30.6 Å². The van der Waals surface area contributed by atoms with Crippen molar-refractivity contribution in [1.82, 2.24) is 14.9 Å². The van der Waals surface area contributed by atoms with E-state index in [0.717, 1.165) is 30.0 Å². The topological polar surface area (TPSA) is 58.6 Å². The lowest BCUT2D eigenvalue weighted by molar-refractivity contribution is 0.0745. The van der Waals surface area contributed by atoms with Crippen molar-refractivity contribution in [2.75, 3.05) is 31.2 Å². The van der Waals surface area contributed by atoms with E-state index >= 15 is 0 Å². The summed E-state index contributed by atoms with van der Waals surface area (Å²) in [6.07, 6.45) is 1.45. The maximum absolute atomic E-state index is 12.8. The number of hydrogen-bond acceptors (Lipinski definition) is 5. The van der Waals surface area contributed by atoms with Gasteiger partial charge in [-0.2, -0.15) is 0 Å². The van der Waals surface area contributed by atoms with E-state index in [1.807, 2.05) is 18.2 Å². The van der Waals surface area contributed by atoms with Gasteiger partial charge in [-0.05, 0) is 17.2 Å². The number of benzene rings is 1. The van der Waals surface area contributed by atoms with Crippen LogP contribution in [0.5, 0.6) is 0 Å². The number of morpholine rings is 1. The Hall–Kier alpha value is -2.18. The van der Waals surface area contributed by atoms with Crippen molar-refractivity contribution in [3.05, 3.63) is 52.4 Å². The standard InChI is InChI=1S/C17H17ClN4O2/c18-14-3-1-2-12-9-22(10-13(12)14)17(23)15-8-16(20-11-19-15)21-4-6-24-7-5-21/h1-3,8,11H,4-7,9-10H2. The first kappa shape index (κ1) is 15.4. The Labute approximate surface area is 145 Å². The third-order valence-electron chi connectivity index (χ3n) is 4.42. The number of carbonyl (C=O) groups is 1. The number of fused-ring (bicyclic) bond motifs is 1. The minimum atomic E-state index is -0.0980. The summed E-state index contributed by atoms with van der Waals surface area (Å²) in [7, 11) is 0. The average molecular weight is 345 g/mol. The predicted molar refractivity (Wildman–Crippen MR) is 90.1 cm³/mol. The van der Waals surface area contributed by atoms with Gasteiger partial charge in [0.2, 0.25) is 0 Å². The Kier molecular flexibility index (Phi) is 4.08. The maximum atomic E-state index is 12.8. The van der Waals surface area contributed by atoms with Crippen LogP contribution in [0.3, 0.4) is 0 Å². The summed E-state index contributed by atoms with van der Waals surface area (Å²) in [6.45, 7) is 3.97. The van der Waals surface area contributed by atoms with Crippen LogP contribution >= 0.6 is 11.6 Å². The van der Waals surface area contributed by atoms with Crippen LogP contribution in [0.1, 0.15) is 21.6 Å². The van der Waals surface area contributed by atoms with Gasteiger partial charge >= 0.3 is 0 Å². The molecule has 1 fully saturated rings. The van der Waals surface area contributed by atoms with Gasteiger partial charge in [-0.3, -0.25) is 4.79 Å². The fraction of sp³-hybridized carbons (Fsp3) is 0.353. The number of nitrogens with zero attached hydrogens (tertiary/aromatic N) is 4. The second kappa shape index (κ2) is 6.37. The van der Waals surface area contributed by atoms with Gasteiger partial charge in [0.1, 0.15) is 17.8 Å². The summed E-state index contributed by atoms with van der Waals surface area (Å²) in [5, 5.41) is 0.708. The Bertz CT molecular complexity index is 777. The number of amides is 1. The highest BCUT2D eigenvalue weighted by molar-refractivity contribution is 6.31. The molecule has 1 aromatic heterocycles. The average Bonchev–Trinajstić information content (AvgIpc) is 3.08. The SMILES string of the molecule is O=C(c1cc(N2CCOCC2)ncn1)N1Cc2cccc(Cl)c2C1. The van der Waals surface area contributed by atoms with Gasteiger partial charge in [0.15, 0.2) is 0 Å². The number of hydrogen-bond donors (Lipinski definition) is 0. The van der Waals surface area contributed by atoms with Crippen molar-refractivity contribution in [3.8, 4) is 0 Å². The van der Waals surface area contributed by atoms with Crippen molar-refractivity contribution < 1.29 is 9.53 Å². The minimum Gasteiger partial charge on any atom is -0.378 e. The van der Waals surface area contributed by atoms with Crippen molar-refractivity contribution in [2.24, 2.45) is 0 Å². The zero-order chi connectivity index (χ0) is 16.5. The monoisotopic (exact) mass is 344 g/mol. The van der Waals surface area contributed by atoms with E-state index in [1.165, 1.54) is 6.33 Å². The molecule has 2 aromatic rings. The summed E-state index contributed by atoms with van der Waals surface area (Å²) >= 11 is 6.23. The van der Waals surface area contributed by atoms with Crippen LogP contribution in [0.2, 0.25) is 5.02 Å². The van der Waals surface area contributed by atoms with Gasteiger partial charge in [-0.1, -0.05) is 23.7 Å². The van der Waals surface area contributed by atoms with Gasteiger partial charge in [0.05, 0.1) is 13.2 Å². The van der Waals surface area contributed by atoms with E-state index in [2.05, 4.69) is 14.9 Å². The second-order valence-electron chi connectivity index (χ2n) is 5.90. The lowest BCUT2D eigenvalue weighted by Crippen LogP contribution is -2.37. The number of ether oxygens (including phenoxy) is 1. The molecule has 1 aromatic carbocycles. The highest BCUT2D eigenvalue weighted by Gasteiger charge is 2.27. The van der Waals surface area contributed by atoms with E-state index in [1.54, 1.807) is 11.0 Å². The molecule has 7 heteroatoms.